The number of benzene rings is 8. The molecule has 0 aliphatic carbocycles. The number of aliphatic imine (C=N–C) groups is 2. The number of pyridine rings is 2. The number of fused-ring (bicyclic) bond motifs is 4. The number of rotatable bonds is 8. The van der Waals surface area contributed by atoms with E-state index in [2.05, 4.69) is 138 Å². The van der Waals surface area contributed by atoms with E-state index in [4.69, 9.17) is 20.7 Å². The first-order chi connectivity index (χ1) is 29.6. The second-order valence-electron chi connectivity index (χ2n) is 14.9. The predicted octanol–water partition coefficient (Wildman–Crippen LogP) is 13.0. The molecule has 0 fully saturated rings. The maximum absolute atomic E-state index is 6.56. The first kappa shape index (κ1) is 36.3. The SMILES string of the molecule is NC(=NC(=NCc1cc(-c2ccc(-c3ccc4ccccc4c3)cc2)cc(-c2ccc(-c3nc4ccccc4c4ccncc34)cc2)c1)c1ccccc1)c1ccccc1. The van der Waals surface area contributed by atoms with Crippen molar-refractivity contribution in [1.29, 1.82) is 0 Å². The third-order valence-electron chi connectivity index (χ3n) is 11.0. The van der Waals surface area contributed by atoms with Gasteiger partial charge in [0, 0.05) is 39.9 Å². The van der Waals surface area contributed by atoms with Crippen LogP contribution < -0.4 is 5.73 Å². The Morgan fingerprint density at radius 1 is 0.450 bits per heavy atom. The minimum atomic E-state index is 0.407. The van der Waals surface area contributed by atoms with Crippen molar-refractivity contribution in [3.8, 4) is 44.6 Å². The van der Waals surface area contributed by atoms with E-state index in [9.17, 15) is 0 Å². The lowest BCUT2D eigenvalue weighted by Crippen LogP contribution is -2.16. The average Bonchev–Trinajstić information content (AvgIpc) is 3.33. The normalized spacial score (nSPS) is 12.0. The monoisotopic (exact) mass is 769 g/mol. The standard InChI is InChI=1S/C55H39N5/c56-54(43-12-3-1-4-13-43)60-55(44-14-5-2-6-15-44)58-35-37-31-47(40-21-19-39(20-22-40)46-28-25-38-11-7-8-16-45(38)33-46)34-48(32-37)41-23-26-42(27-24-41)53-51-36-57-30-29-49(51)50-17-9-10-18-52(50)59-53/h1-34,36H,35H2,(H2,56,58,60). The van der Waals surface area contributed by atoms with Crippen LogP contribution in [-0.2, 0) is 6.54 Å². The van der Waals surface area contributed by atoms with Crippen molar-refractivity contribution in [3.63, 3.8) is 0 Å². The lowest BCUT2D eigenvalue weighted by atomic mass is 9.93. The predicted molar refractivity (Wildman–Crippen MR) is 250 cm³/mol. The molecule has 0 aliphatic rings. The topological polar surface area (TPSA) is 76.5 Å². The summed E-state index contributed by atoms with van der Waals surface area (Å²) < 4.78 is 0. The molecule has 8 aromatic carbocycles. The molecule has 0 atom stereocenters. The minimum absolute atomic E-state index is 0.407. The van der Waals surface area contributed by atoms with Gasteiger partial charge in [0.25, 0.3) is 0 Å². The smallest absolute Gasteiger partial charge is 0.157 e. The summed E-state index contributed by atoms with van der Waals surface area (Å²) in [5.74, 6) is 1.00. The fraction of sp³-hybridized carbons (Fsp3) is 0.0182. The number of hydrogen-bond donors (Lipinski definition) is 1. The summed E-state index contributed by atoms with van der Waals surface area (Å²) in [4.78, 5) is 19.6. The van der Waals surface area contributed by atoms with Gasteiger partial charge < -0.3 is 5.73 Å². The number of nitrogens with zero attached hydrogens (tertiary/aromatic N) is 4. The van der Waals surface area contributed by atoms with Crippen LogP contribution >= 0.6 is 0 Å². The molecular formula is C55H39N5. The first-order valence-corrected chi connectivity index (χ1v) is 20.1. The van der Waals surface area contributed by atoms with Gasteiger partial charge in [-0.3, -0.25) is 9.98 Å². The molecule has 60 heavy (non-hydrogen) atoms. The van der Waals surface area contributed by atoms with Gasteiger partial charge in [-0.15, -0.1) is 0 Å². The molecule has 0 spiro atoms. The fourth-order valence-electron chi connectivity index (χ4n) is 7.91. The van der Waals surface area contributed by atoms with Crippen molar-refractivity contribution in [2.24, 2.45) is 15.7 Å². The summed E-state index contributed by atoms with van der Waals surface area (Å²) >= 11 is 0. The molecule has 0 saturated heterocycles. The van der Waals surface area contributed by atoms with Gasteiger partial charge >= 0.3 is 0 Å². The van der Waals surface area contributed by atoms with Crippen LogP contribution in [0.2, 0.25) is 0 Å². The fourth-order valence-corrected chi connectivity index (χ4v) is 7.91. The zero-order chi connectivity index (χ0) is 40.3. The van der Waals surface area contributed by atoms with Crippen molar-refractivity contribution in [3.05, 3.63) is 229 Å². The van der Waals surface area contributed by atoms with Gasteiger partial charge in [-0.2, -0.15) is 0 Å². The number of hydrogen-bond acceptors (Lipinski definition) is 3. The quantitative estimate of drug-likeness (QED) is 0.0950. The second-order valence-corrected chi connectivity index (χ2v) is 14.9. The summed E-state index contributed by atoms with van der Waals surface area (Å²) in [7, 11) is 0. The average molecular weight is 770 g/mol. The van der Waals surface area contributed by atoms with Crippen LogP contribution in [0, 0.1) is 0 Å². The highest BCUT2D eigenvalue weighted by molar-refractivity contribution is 6.11. The number of aromatic nitrogens is 2. The van der Waals surface area contributed by atoms with Gasteiger partial charge in [0.15, 0.2) is 5.84 Å². The Labute approximate surface area is 348 Å². The van der Waals surface area contributed by atoms with Crippen molar-refractivity contribution in [2.75, 3.05) is 0 Å². The zero-order valence-electron chi connectivity index (χ0n) is 32.8. The summed E-state index contributed by atoms with van der Waals surface area (Å²) in [5.41, 5.74) is 19.1. The van der Waals surface area contributed by atoms with E-state index in [-0.39, 0.29) is 0 Å². The van der Waals surface area contributed by atoms with Gasteiger partial charge in [0.2, 0.25) is 0 Å². The molecule has 5 heteroatoms. The van der Waals surface area contributed by atoms with Gasteiger partial charge in [-0.1, -0.05) is 164 Å². The van der Waals surface area contributed by atoms with Crippen LogP contribution in [0.4, 0.5) is 0 Å². The lowest BCUT2D eigenvalue weighted by Gasteiger charge is -2.13. The van der Waals surface area contributed by atoms with Crippen molar-refractivity contribution in [2.45, 2.75) is 6.54 Å². The van der Waals surface area contributed by atoms with E-state index < -0.39 is 0 Å². The van der Waals surface area contributed by atoms with Gasteiger partial charge in [0.1, 0.15) is 5.84 Å². The van der Waals surface area contributed by atoms with Crippen LogP contribution in [0.1, 0.15) is 16.7 Å². The Balaban J connectivity index is 1.05. The first-order valence-electron chi connectivity index (χ1n) is 20.1. The maximum Gasteiger partial charge on any atom is 0.157 e. The third kappa shape index (κ3) is 7.44. The molecule has 0 saturated carbocycles. The van der Waals surface area contributed by atoms with Crippen LogP contribution in [-0.4, -0.2) is 21.6 Å². The third-order valence-corrected chi connectivity index (χ3v) is 11.0. The molecular weight excluding hydrogens is 731 g/mol. The Kier molecular flexibility index (Phi) is 9.74. The molecule has 10 aromatic rings. The Morgan fingerprint density at radius 3 is 1.75 bits per heavy atom. The van der Waals surface area contributed by atoms with E-state index in [0.717, 1.165) is 71.9 Å². The molecule has 0 amide bonds. The largest absolute Gasteiger partial charge is 0.383 e. The molecule has 0 aliphatic heterocycles. The molecule has 2 N–H and O–H groups in total. The Hall–Kier alpha value is -8.02. The molecule has 0 unspecified atom stereocenters. The molecule has 284 valence electrons. The van der Waals surface area contributed by atoms with E-state index in [1.54, 1.807) is 0 Å². The van der Waals surface area contributed by atoms with Crippen LogP contribution in [0.15, 0.2) is 223 Å². The number of nitrogens with two attached hydrogens (primary N) is 1. The highest BCUT2D eigenvalue weighted by Gasteiger charge is 2.13. The number of para-hydroxylation sites is 1. The van der Waals surface area contributed by atoms with Crippen LogP contribution in [0.5, 0.6) is 0 Å². The summed E-state index contributed by atoms with van der Waals surface area (Å²) in [5, 5.41) is 5.76. The zero-order valence-corrected chi connectivity index (χ0v) is 32.8. The molecule has 2 heterocycles. The highest BCUT2D eigenvalue weighted by Crippen LogP contribution is 2.35. The summed E-state index contributed by atoms with van der Waals surface area (Å²) in [6, 6.07) is 69.6. The molecule has 5 nitrogen and oxygen atoms in total. The van der Waals surface area contributed by atoms with E-state index >= 15 is 0 Å². The van der Waals surface area contributed by atoms with Gasteiger partial charge in [-0.05, 0) is 91.5 Å². The molecule has 0 bridgehead atoms. The van der Waals surface area contributed by atoms with E-state index in [0.29, 0.717) is 18.2 Å². The highest BCUT2D eigenvalue weighted by atomic mass is 15.0. The van der Waals surface area contributed by atoms with E-state index in [1.807, 2.05) is 79.1 Å². The van der Waals surface area contributed by atoms with Crippen molar-refractivity contribution in [1.82, 2.24) is 9.97 Å². The van der Waals surface area contributed by atoms with Crippen LogP contribution in [0.3, 0.4) is 0 Å². The van der Waals surface area contributed by atoms with Crippen molar-refractivity contribution >= 4 is 44.1 Å². The molecule has 10 rings (SSSR count). The molecule has 2 aromatic heterocycles. The van der Waals surface area contributed by atoms with Gasteiger partial charge in [0.05, 0.1) is 17.8 Å². The van der Waals surface area contributed by atoms with E-state index in [1.165, 1.54) is 21.9 Å². The van der Waals surface area contributed by atoms with Crippen molar-refractivity contribution < 1.29 is 0 Å². The van der Waals surface area contributed by atoms with Gasteiger partial charge in [-0.25, -0.2) is 9.98 Å². The second kappa shape index (κ2) is 16.1. The Bertz CT molecular complexity index is 3210. The maximum atomic E-state index is 6.56. The summed E-state index contributed by atoms with van der Waals surface area (Å²) in [6.45, 7) is 0.407. The minimum Gasteiger partial charge on any atom is -0.383 e. The lowest BCUT2D eigenvalue weighted by molar-refractivity contribution is 1.06. The van der Waals surface area contributed by atoms with Crippen LogP contribution in [0.25, 0.3) is 77.1 Å². The molecule has 0 radical (unpaired) electrons. The summed E-state index contributed by atoms with van der Waals surface area (Å²) in [6.07, 6.45) is 3.77. The number of amidine groups is 2. The Morgan fingerprint density at radius 2 is 1.03 bits per heavy atom.